The van der Waals surface area contributed by atoms with Crippen LogP contribution in [-0.2, 0) is 11.3 Å². The summed E-state index contributed by atoms with van der Waals surface area (Å²) in [5.74, 6) is 1.71. The lowest BCUT2D eigenvalue weighted by Crippen LogP contribution is -2.02. The van der Waals surface area contributed by atoms with Gasteiger partial charge in [0, 0.05) is 34.8 Å². The number of methoxy groups -OCH3 is 2. The van der Waals surface area contributed by atoms with Crippen molar-refractivity contribution in [1.82, 2.24) is 9.97 Å². The SMILES string of the molecule is COc1cc2ncc(Nc3ccc(NS(=O)[O-])cc3)nc2cc1OC. The maximum absolute atomic E-state index is 10.6. The summed E-state index contributed by atoms with van der Waals surface area (Å²) in [5, 5.41) is 3.12. The molecule has 0 radical (unpaired) electrons. The molecular weight excluding hydrogens is 344 g/mol. The molecule has 1 atom stereocenters. The lowest BCUT2D eigenvalue weighted by molar-refractivity contribution is 0.355. The van der Waals surface area contributed by atoms with Crippen LogP contribution in [0.25, 0.3) is 11.0 Å². The molecule has 0 fully saturated rings. The van der Waals surface area contributed by atoms with Crippen molar-refractivity contribution in [2.75, 3.05) is 24.3 Å². The number of benzene rings is 2. The fraction of sp³-hybridized carbons (Fsp3) is 0.125. The van der Waals surface area contributed by atoms with E-state index in [1.165, 1.54) is 0 Å². The van der Waals surface area contributed by atoms with Crippen LogP contribution in [0.15, 0.2) is 42.6 Å². The van der Waals surface area contributed by atoms with Crippen LogP contribution < -0.4 is 19.5 Å². The van der Waals surface area contributed by atoms with Gasteiger partial charge in [-0.05, 0) is 24.3 Å². The maximum Gasteiger partial charge on any atom is 0.163 e. The Balaban J connectivity index is 1.85. The van der Waals surface area contributed by atoms with E-state index in [2.05, 4.69) is 20.0 Å². The monoisotopic (exact) mass is 359 g/mol. The average Bonchev–Trinajstić information content (AvgIpc) is 2.61. The van der Waals surface area contributed by atoms with Crippen LogP contribution in [0.2, 0.25) is 0 Å². The molecule has 0 aliphatic rings. The lowest BCUT2D eigenvalue weighted by Gasteiger charge is -2.11. The van der Waals surface area contributed by atoms with Gasteiger partial charge in [0.05, 0.1) is 31.4 Å². The second-order valence-electron chi connectivity index (χ2n) is 4.99. The average molecular weight is 359 g/mol. The largest absolute Gasteiger partial charge is 0.755 e. The lowest BCUT2D eigenvalue weighted by atomic mass is 10.2. The number of anilines is 3. The van der Waals surface area contributed by atoms with Crippen molar-refractivity contribution < 1.29 is 18.2 Å². The molecule has 0 aliphatic carbocycles. The van der Waals surface area contributed by atoms with Crippen LogP contribution in [-0.4, -0.2) is 32.9 Å². The van der Waals surface area contributed by atoms with Gasteiger partial charge in [0.25, 0.3) is 0 Å². The van der Waals surface area contributed by atoms with E-state index >= 15 is 0 Å². The molecule has 9 heteroatoms. The Bertz CT molecular complexity index is 918. The van der Waals surface area contributed by atoms with Crippen molar-refractivity contribution >= 4 is 39.5 Å². The predicted molar refractivity (Wildman–Crippen MR) is 94.9 cm³/mol. The van der Waals surface area contributed by atoms with Gasteiger partial charge in [-0.1, -0.05) is 0 Å². The summed E-state index contributed by atoms with van der Waals surface area (Å²) in [6.07, 6.45) is 1.60. The van der Waals surface area contributed by atoms with Crippen molar-refractivity contribution in [2.24, 2.45) is 0 Å². The molecule has 0 spiro atoms. The van der Waals surface area contributed by atoms with Crippen molar-refractivity contribution in [2.45, 2.75) is 0 Å². The minimum atomic E-state index is -2.35. The predicted octanol–water partition coefficient (Wildman–Crippen LogP) is 2.60. The molecular formula is C16H15N4O4S-. The van der Waals surface area contributed by atoms with E-state index in [1.807, 2.05) is 0 Å². The highest BCUT2D eigenvalue weighted by atomic mass is 32.2. The van der Waals surface area contributed by atoms with Gasteiger partial charge in [0.2, 0.25) is 0 Å². The molecule has 25 heavy (non-hydrogen) atoms. The number of hydrogen-bond donors (Lipinski definition) is 2. The smallest absolute Gasteiger partial charge is 0.163 e. The molecule has 0 bridgehead atoms. The van der Waals surface area contributed by atoms with Gasteiger partial charge < -0.3 is 24.1 Å². The molecule has 3 aromatic rings. The van der Waals surface area contributed by atoms with Crippen LogP contribution in [0.4, 0.5) is 17.2 Å². The Morgan fingerprint density at radius 2 is 1.60 bits per heavy atom. The van der Waals surface area contributed by atoms with Gasteiger partial charge in [-0.2, -0.15) is 0 Å². The number of rotatable bonds is 6. The zero-order valence-electron chi connectivity index (χ0n) is 13.5. The maximum atomic E-state index is 10.6. The number of fused-ring (bicyclic) bond motifs is 1. The van der Waals surface area contributed by atoms with Crippen molar-refractivity contribution in [3.05, 3.63) is 42.6 Å². The summed E-state index contributed by atoms with van der Waals surface area (Å²) in [7, 11) is 3.12. The fourth-order valence-electron chi connectivity index (χ4n) is 2.27. The highest BCUT2D eigenvalue weighted by Crippen LogP contribution is 2.31. The van der Waals surface area contributed by atoms with Gasteiger partial charge in [-0.3, -0.25) is 9.19 Å². The fourth-order valence-corrected chi connectivity index (χ4v) is 2.59. The van der Waals surface area contributed by atoms with Crippen molar-refractivity contribution in [1.29, 1.82) is 0 Å². The van der Waals surface area contributed by atoms with Gasteiger partial charge >= 0.3 is 0 Å². The van der Waals surface area contributed by atoms with E-state index in [9.17, 15) is 8.76 Å². The highest BCUT2D eigenvalue weighted by Gasteiger charge is 2.08. The van der Waals surface area contributed by atoms with Crippen molar-refractivity contribution in [3.8, 4) is 11.5 Å². The first-order valence-corrected chi connectivity index (χ1v) is 8.28. The summed E-state index contributed by atoms with van der Waals surface area (Å²) < 4.78 is 34.0. The summed E-state index contributed by atoms with van der Waals surface area (Å²) in [6, 6.07) is 10.3. The summed E-state index contributed by atoms with van der Waals surface area (Å²) in [4.78, 5) is 8.87. The van der Waals surface area contributed by atoms with E-state index in [0.29, 0.717) is 34.0 Å². The molecule has 2 aromatic carbocycles. The first kappa shape index (κ1) is 16.9. The minimum Gasteiger partial charge on any atom is -0.755 e. The molecule has 1 heterocycles. The minimum absolute atomic E-state index is 0.473. The second kappa shape index (κ2) is 7.32. The molecule has 0 amide bonds. The quantitative estimate of drug-likeness (QED) is 0.651. The number of ether oxygens (including phenoxy) is 2. The molecule has 0 saturated carbocycles. The van der Waals surface area contributed by atoms with E-state index in [0.717, 1.165) is 5.69 Å². The van der Waals surface area contributed by atoms with Crippen LogP contribution in [0, 0.1) is 0 Å². The van der Waals surface area contributed by atoms with Gasteiger partial charge in [-0.15, -0.1) is 0 Å². The van der Waals surface area contributed by atoms with E-state index in [4.69, 9.17) is 9.47 Å². The number of nitrogens with zero attached hydrogens (tertiary/aromatic N) is 2. The standard InChI is InChI=1S/C16H16N4O4S/c1-23-14-7-12-13(8-15(14)24-2)19-16(9-17-12)18-10-3-5-11(6-4-10)20-25(21)22/h3-9,20H,1-2H3,(H,18,19)(H,21,22)/p-1. The number of aromatic nitrogens is 2. The zero-order valence-corrected chi connectivity index (χ0v) is 14.3. The van der Waals surface area contributed by atoms with Gasteiger partial charge in [-0.25, -0.2) is 4.98 Å². The normalized spacial score (nSPS) is 11.8. The first-order valence-electron chi connectivity index (χ1n) is 7.21. The Hall–Kier alpha value is -2.91. The number of hydrogen-bond acceptors (Lipinski definition) is 7. The van der Waals surface area contributed by atoms with Crippen LogP contribution in [0.1, 0.15) is 0 Å². The van der Waals surface area contributed by atoms with E-state index in [-0.39, 0.29) is 0 Å². The highest BCUT2D eigenvalue weighted by molar-refractivity contribution is 7.80. The summed E-state index contributed by atoms with van der Waals surface area (Å²) >= 11 is -2.35. The van der Waals surface area contributed by atoms with Crippen LogP contribution >= 0.6 is 0 Å². The molecule has 0 aliphatic heterocycles. The van der Waals surface area contributed by atoms with Gasteiger partial charge in [0.15, 0.2) is 11.5 Å². The summed E-state index contributed by atoms with van der Waals surface area (Å²) in [5.41, 5.74) is 2.56. The van der Waals surface area contributed by atoms with Gasteiger partial charge in [0.1, 0.15) is 5.82 Å². The summed E-state index contributed by atoms with van der Waals surface area (Å²) in [6.45, 7) is 0. The molecule has 3 rings (SSSR count). The molecule has 1 unspecified atom stereocenters. The third-order valence-electron chi connectivity index (χ3n) is 3.41. The third kappa shape index (κ3) is 3.95. The molecule has 1 aromatic heterocycles. The van der Waals surface area contributed by atoms with Crippen molar-refractivity contribution in [3.63, 3.8) is 0 Å². The Morgan fingerprint density at radius 3 is 2.20 bits per heavy atom. The Morgan fingerprint density at radius 1 is 1.00 bits per heavy atom. The van der Waals surface area contributed by atoms with E-state index in [1.54, 1.807) is 56.8 Å². The molecule has 2 N–H and O–H groups in total. The first-order chi connectivity index (χ1) is 12.1. The zero-order chi connectivity index (χ0) is 17.8. The Labute approximate surface area is 146 Å². The topological polar surface area (TPSA) is 108 Å². The van der Waals surface area contributed by atoms with E-state index < -0.39 is 11.3 Å². The second-order valence-corrected chi connectivity index (χ2v) is 5.66. The number of nitrogens with one attached hydrogen (secondary N) is 2. The van der Waals surface area contributed by atoms with Crippen LogP contribution in [0.5, 0.6) is 11.5 Å². The molecule has 0 saturated heterocycles. The Kier molecular flexibility index (Phi) is 4.96. The molecule has 130 valence electrons. The molecule has 8 nitrogen and oxygen atoms in total. The third-order valence-corrected chi connectivity index (χ3v) is 3.81. The van der Waals surface area contributed by atoms with Crippen LogP contribution in [0.3, 0.4) is 0 Å².